The van der Waals surface area contributed by atoms with Gasteiger partial charge in [0, 0.05) is 0 Å². The van der Waals surface area contributed by atoms with Crippen molar-refractivity contribution in [3.8, 4) is 5.75 Å². The number of Topliss-reactive ketones (excluding diaryl/α,β-unsaturated/α-hetero) is 1. The third kappa shape index (κ3) is 3.07. The first-order chi connectivity index (χ1) is 7.15. The standard InChI is InChI=1S/C10H12N2O3/c1-7(13)8-4-2-3-5-9(8)15-6-10(14)12-11/h2-5H,6,11H2,1H3,(H,12,14). The van der Waals surface area contributed by atoms with Crippen molar-refractivity contribution in [2.24, 2.45) is 5.84 Å². The van der Waals surface area contributed by atoms with E-state index in [-0.39, 0.29) is 12.4 Å². The number of hydrazine groups is 1. The Labute approximate surface area is 87.2 Å². The lowest BCUT2D eigenvalue weighted by Gasteiger charge is -2.08. The summed E-state index contributed by atoms with van der Waals surface area (Å²) >= 11 is 0. The zero-order valence-corrected chi connectivity index (χ0v) is 8.32. The number of hydrogen-bond donors (Lipinski definition) is 2. The first kappa shape index (κ1) is 11.2. The number of rotatable bonds is 4. The molecule has 3 N–H and O–H groups in total. The van der Waals surface area contributed by atoms with Crippen molar-refractivity contribution in [1.29, 1.82) is 0 Å². The van der Waals surface area contributed by atoms with Crippen LogP contribution in [0.3, 0.4) is 0 Å². The van der Waals surface area contributed by atoms with E-state index in [9.17, 15) is 9.59 Å². The lowest BCUT2D eigenvalue weighted by Crippen LogP contribution is -2.34. The number of para-hydroxylation sites is 1. The molecule has 0 saturated carbocycles. The topological polar surface area (TPSA) is 81.4 Å². The summed E-state index contributed by atoms with van der Waals surface area (Å²) in [5, 5.41) is 0. The minimum absolute atomic E-state index is 0.112. The maximum Gasteiger partial charge on any atom is 0.271 e. The number of amides is 1. The van der Waals surface area contributed by atoms with E-state index in [4.69, 9.17) is 10.6 Å². The van der Waals surface area contributed by atoms with E-state index < -0.39 is 5.91 Å². The highest BCUT2D eigenvalue weighted by Crippen LogP contribution is 2.17. The van der Waals surface area contributed by atoms with Gasteiger partial charge in [0.15, 0.2) is 12.4 Å². The average Bonchev–Trinajstić information content (AvgIpc) is 2.26. The summed E-state index contributed by atoms with van der Waals surface area (Å²) in [4.78, 5) is 22.0. The summed E-state index contributed by atoms with van der Waals surface area (Å²) in [6.07, 6.45) is 0. The Kier molecular flexibility index (Phi) is 3.82. The van der Waals surface area contributed by atoms with Crippen LogP contribution in [0.4, 0.5) is 0 Å². The number of nitrogens with one attached hydrogen (secondary N) is 1. The molecule has 1 aromatic rings. The van der Waals surface area contributed by atoms with Gasteiger partial charge in [-0.3, -0.25) is 15.0 Å². The highest BCUT2D eigenvalue weighted by molar-refractivity contribution is 5.96. The van der Waals surface area contributed by atoms with Gasteiger partial charge in [0.2, 0.25) is 0 Å². The van der Waals surface area contributed by atoms with E-state index in [2.05, 4.69) is 0 Å². The molecule has 80 valence electrons. The van der Waals surface area contributed by atoms with Crippen LogP contribution in [0.5, 0.6) is 5.75 Å². The Hall–Kier alpha value is -1.88. The van der Waals surface area contributed by atoms with Gasteiger partial charge in [-0.05, 0) is 19.1 Å². The van der Waals surface area contributed by atoms with Crippen LogP contribution in [0, 0.1) is 0 Å². The van der Waals surface area contributed by atoms with Crippen molar-refractivity contribution in [2.75, 3.05) is 6.61 Å². The van der Waals surface area contributed by atoms with Crippen LogP contribution in [0.2, 0.25) is 0 Å². The Bertz CT molecular complexity index is 377. The average molecular weight is 208 g/mol. The van der Waals surface area contributed by atoms with Crippen molar-refractivity contribution < 1.29 is 14.3 Å². The van der Waals surface area contributed by atoms with Crippen molar-refractivity contribution in [2.45, 2.75) is 6.92 Å². The van der Waals surface area contributed by atoms with Crippen LogP contribution in [-0.2, 0) is 4.79 Å². The molecule has 5 heteroatoms. The van der Waals surface area contributed by atoms with Crippen LogP contribution in [0.1, 0.15) is 17.3 Å². The van der Waals surface area contributed by atoms with Gasteiger partial charge in [-0.25, -0.2) is 5.84 Å². The second-order valence-electron chi connectivity index (χ2n) is 2.91. The molecule has 1 rings (SSSR count). The molecule has 1 amide bonds. The minimum Gasteiger partial charge on any atom is -0.483 e. The highest BCUT2D eigenvalue weighted by Gasteiger charge is 2.08. The van der Waals surface area contributed by atoms with Gasteiger partial charge in [0.05, 0.1) is 5.56 Å². The van der Waals surface area contributed by atoms with Gasteiger partial charge in [-0.1, -0.05) is 12.1 Å². The number of carbonyl (C=O) groups is 2. The molecular formula is C10H12N2O3. The van der Waals surface area contributed by atoms with Gasteiger partial charge in [-0.2, -0.15) is 0 Å². The van der Waals surface area contributed by atoms with Crippen molar-refractivity contribution >= 4 is 11.7 Å². The number of ether oxygens (including phenoxy) is 1. The molecule has 0 spiro atoms. The van der Waals surface area contributed by atoms with Crippen LogP contribution >= 0.6 is 0 Å². The molecule has 15 heavy (non-hydrogen) atoms. The molecular weight excluding hydrogens is 196 g/mol. The molecule has 0 aliphatic heterocycles. The van der Waals surface area contributed by atoms with Gasteiger partial charge >= 0.3 is 0 Å². The number of carbonyl (C=O) groups excluding carboxylic acids is 2. The molecule has 0 radical (unpaired) electrons. The second-order valence-corrected chi connectivity index (χ2v) is 2.91. The first-order valence-electron chi connectivity index (χ1n) is 4.37. The predicted octanol–water partition coefficient (Wildman–Crippen LogP) is 0.258. The lowest BCUT2D eigenvalue weighted by atomic mass is 10.1. The predicted molar refractivity (Wildman–Crippen MR) is 54.3 cm³/mol. The Morgan fingerprint density at radius 2 is 2.07 bits per heavy atom. The molecule has 0 aliphatic carbocycles. The van der Waals surface area contributed by atoms with E-state index in [0.717, 1.165) is 0 Å². The molecule has 0 unspecified atom stereocenters. The second kappa shape index (κ2) is 5.11. The number of hydrogen-bond acceptors (Lipinski definition) is 4. The summed E-state index contributed by atoms with van der Waals surface area (Å²) in [6.45, 7) is 1.23. The van der Waals surface area contributed by atoms with Gasteiger partial charge in [-0.15, -0.1) is 0 Å². The molecule has 0 atom stereocenters. The third-order valence-corrected chi connectivity index (χ3v) is 1.79. The van der Waals surface area contributed by atoms with E-state index in [1.807, 2.05) is 5.43 Å². The molecule has 0 aliphatic rings. The van der Waals surface area contributed by atoms with Crippen LogP contribution < -0.4 is 16.0 Å². The van der Waals surface area contributed by atoms with E-state index in [1.165, 1.54) is 6.92 Å². The van der Waals surface area contributed by atoms with Crippen molar-refractivity contribution in [3.05, 3.63) is 29.8 Å². The summed E-state index contributed by atoms with van der Waals surface area (Å²) in [5.74, 6) is 4.71. The van der Waals surface area contributed by atoms with Crippen LogP contribution in [0.25, 0.3) is 0 Å². The van der Waals surface area contributed by atoms with Gasteiger partial charge in [0.1, 0.15) is 5.75 Å². The third-order valence-electron chi connectivity index (χ3n) is 1.79. The number of nitrogens with two attached hydrogens (primary N) is 1. The van der Waals surface area contributed by atoms with Crippen LogP contribution in [0.15, 0.2) is 24.3 Å². The Morgan fingerprint density at radius 3 is 2.67 bits per heavy atom. The van der Waals surface area contributed by atoms with Gasteiger partial charge in [0.25, 0.3) is 5.91 Å². The summed E-state index contributed by atoms with van der Waals surface area (Å²) in [5.41, 5.74) is 2.38. The van der Waals surface area contributed by atoms with Crippen LogP contribution in [-0.4, -0.2) is 18.3 Å². The fraction of sp³-hybridized carbons (Fsp3) is 0.200. The van der Waals surface area contributed by atoms with E-state index >= 15 is 0 Å². The maximum absolute atomic E-state index is 11.2. The SMILES string of the molecule is CC(=O)c1ccccc1OCC(=O)NN. The molecule has 0 fully saturated rings. The number of ketones is 1. The summed E-state index contributed by atoms with van der Waals surface area (Å²) in [7, 11) is 0. The highest BCUT2D eigenvalue weighted by atomic mass is 16.5. The minimum atomic E-state index is -0.451. The molecule has 5 nitrogen and oxygen atoms in total. The monoisotopic (exact) mass is 208 g/mol. The Morgan fingerprint density at radius 1 is 1.40 bits per heavy atom. The zero-order chi connectivity index (χ0) is 11.3. The smallest absolute Gasteiger partial charge is 0.271 e. The van der Waals surface area contributed by atoms with Crippen molar-refractivity contribution in [3.63, 3.8) is 0 Å². The van der Waals surface area contributed by atoms with Crippen molar-refractivity contribution in [1.82, 2.24) is 5.43 Å². The normalized spacial score (nSPS) is 9.47. The van der Waals surface area contributed by atoms with E-state index in [1.54, 1.807) is 24.3 Å². The largest absolute Gasteiger partial charge is 0.483 e. The zero-order valence-electron chi connectivity index (χ0n) is 8.32. The lowest BCUT2D eigenvalue weighted by molar-refractivity contribution is -0.123. The first-order valence-corrected chi connectivity index (χ1v) is 4.37. The molecule has 0 heterocycles. The van der Waals surface area contributed by atoms with Gasteiger partial charge < -0.3 is 4.74 Å². The summed E-state index contributed by atoms with van der Waals surface area (Å²) < 4.78 is 5.14. The fourth-order valence-corrected chi connectivity index (χ4v) is 1.07. The fourth-order valence-electron chi connectivity index (χ4n) is 1.07. The van der Waals surface area contributed by atoms with E-state index in [0.29, 0.717) is 11.3 Å². The molecule has 0 bridgehead atoms. The quantitative estimate of drug-likeness (QED) is 0.322. The molecule has 0 aromatic heterocycles. The molecule has 1 aromatic carbocycles. The Balaban J connectivity index is 2.76. The maximum atomic E-state index is 11.2. The molecule has 0 saturated heterocycles. The number of benzene rings is 1. The summed E-state index contributed by atoms with van der Waals surface area (Å²) in [6, 6.07) is 6.72.